The van der Waals surface area contributed by atoms with Crippen molar-refractivity contribution in [3.8, 4) is 11.5 Å². The van der Waals surface area contributed by atoms with Crippen LogP contribution in [0.2, 0.25) is 0 Å². The molecule has 0 aromatic heterocycles. The molecule has 3 amide bonds. The average molecular weight is 413 g/mol. The monoisotopic (exact) mass is 413 g/mol. The molecule has 0 radical (unpaired) electrons. The summed E-state index contributed by atoms with van der Waals surface area (Å²) in [4.78, 5) is 36.5. The molecule has 2 atom stereocenters. The zero-order valence-corrected chi connectivity index (χ0v) is 17.5. The molecule has 0 heterocycles. The van der Waals surface area contributed by atoms with E-state index in [0.29, 0.717) is 23.7 Å². The first-order chi connectivity index (χ1) is 14.3. The van der Waals surface area contributed by atoms with Gasteiger partial charge in [-0.25, -0.2) is 0 Å². The molecule has 0 unspecified atom stereocenters. The Balaban J connectivity index is 1.79. The Morgan fingerprint density at radius 1 is 0.933 bits per heavy atom. The zero-order chi connectivity index (χ0) is 22.1. The van der Waals surface area contributed by atoms with Crippen molar-refractivity contribution in [1.82, 2.24) is 16.2 Å². The molecule has 2 rings (SSSR count). The van der Waals surface area contributed by atoms with Crippen molar-refractivity contribution in [2.75, 3.05) is 6.61 Å². The predicted molar refractivity (Wildman–Crippen MR) is 112 cm³/mol. The van der Waals surface area contributed by atoms with Crippen molar-refractivity contribution in [3.63, 3.8) is 0 Å². The van der Waals surface area contributed by atoms with Gasteiger partial charge in [-0.3, -0.25) is 25.2 Å². The largest absolute Gasteiger partial charge is 0.494 e. The summed E-state index contributed by atoms with van der Waals surface area (Å²) in [7, 11) is 0. The first-order valence-electron chi connectivity index (χ1n) is 9.67. The highest BCUT2D eigenvalue weighted by atomic mass is 16.5. The Bertz CT molecular complexity index is 883. The Morgan fingerprint density at radius 2 is 1.57 bits per heavy atom. The molecule has 0 aliphatic rings. The Kier molecular flexibility index (Phi) is 8.22. The van der Waals surface area contributed by atoms with Crippen molar-refractivity contribution >= 4 is 17.7 Å². The number of amides is 3. The number of ether oxygens (including phenoxy) is 2. The van der Waals surface area contributed by atoms with Crippen LogP contribution in [0.15, 0.2) is 48.5 Å². The topological polar surface area (TPSA) is 106 Å². The van der Waals surface area contributed by atoms with Crippen molar-refractivity contribution in [2.24, 2.45) is 0 Å². The third kappa shape index (κ3) is 6.80. The van der Waals surface area contributed by atoms with Gasteiger partial charge < -0.3 is 14.8 Å². The molecule has 0 aliphatic heterocycles. The Hall–Kier alpha value is -3.55. The van der Waals surface area contributed by atoms with Crippen LogP contribution >= 0.6 is 0 Å². The molecule has 0 spiro atoms. The lowest BCUT2D eigenvalue weighted by Crippen LogP contribution is -2.53. The van der Waals surface area contributed by atoms with Crippen molar-refractivity contribution < 1.29 is 23.9 Å². The van der Waals surface area contributed by atoms with E-state index < -0.39 is 24.0 Å². The Labute approximate surface area is 175 Å². The molecule has 30 heavy (non-hydrogen) atoms. The van der Waals surface area contributed by atoms with Crippen LogP contribution < -0.4 is 25.6 Å². The van der Waals surface area contributed by atoms with E-state index >= 15 is 0 Å². The molecule has 0 fully saturated rings. The minimum atomic E-state index is -0.847. The first-order valence-corrected chi connectivity index (χ1v) is 9.67. The molecule has 8 heteroatoms. The van der Waals surface area contributed by atoms with E-state index in [2.05, 4.69) is 16.2 Å². The molecule has 8 nitrogen and oxygen atoms in total. The lowest BCUT2D eigenvalue weighted by Gasteiger charge is -2.18. The van der Waals surface area contributed by atoms with Crippen LogP contribution in [0.5, 0.6) is 11.5 Å². The maximum absolute atomic E-state index is 12.2. The quantitative estimate of drug-likeness (QED) is 0.575. The number of hydrogen-bond acceptors (Lipinski definition) is 5. The third-order valence-electron chi connectivity index (χ3n) is 4.15. The van der Waals surface area contributed by atoms with Crippen LogP contribution in [0.1, 0.15) is 36.7 Å². The first kappa shape index (κ1) is 22.7. The molecule has 0 saturated carbocycles. The molecular formula is C22H27N3O5. The number of carbonyl (C=O) groups is 3. The Morgan fingerprint density at radius 3 is 2.20 bits per heavy atom. The van der Waals surface area contributed by atoms with E-state index in [1.807, 2.05) is 19.9 Å². The summed E-state index contributed by atoms with van der Waals surface area (Å²) in [6.07, 6.45) is -0.847. The van der Waals surface area contributed by atoms with Gasteiger partial charge in [0.1, 0.15) is 17.5 Å². The van der Waals surface area contributed by atoms with Crippen LogP contribution in [0.4, 0.5) is 0 Å². The van der Waals surface area contributed by atoms with E-state index in [1.54, 1.807) is 49.4 Å². The second kappa shape index (κ2) is 10.8. The highest BCUT2D eigenvalue weighted by molar-refractivity contribution is 5.97. The fourth-order valence-corrected chi connectivity index (χ4v) is 2.50. The summed E-state index contributed by atoms with van der Waals surface area (Å²) in [5, 5.41) is 2.59. The normalized spacial score (nSPS) is 12.3. The van der Waals surface area contributed by atoms with Gasteiger partial charge in [-0.05, 0) is 64.1 Å². The van der Waals surface area contributed by atoms with Gasteiger partial charge in [-0.15, -0.1) is 0 Å². The van der Waals surface area contributed by atoms with Gasteiger partial charge in [0, 0.05) is 5.56 Å². The SMILES string of the molecule is CCOc1ccc(O[C@H](C)C(=O)NNC(=O)[C@H](C)NC(=O)c2cccc(C)c2)cc1. The lowest BCUT2D eigenvalue weighted by atomic mass is 10.1. The molecule has 3 N–H and O–H groups in total. The van der Waals surface area contributed by atoms with Gasteiger partial charge in [0.15, 0.2) is 6.10 Å². The van der Waals surface area contributed by atoms with E-state index in [0.717, 1.165) is 5.56 Å². The summed E-state index contributed by atoms with van der Waals surface area (Å²) in [6, 6.07) is 13.0. The fraction of sp³-hybridized carbons (Fsp3) is 0.318. The zero-order valence-electron chi connectivity index (χ0n) is 17.5. The highest BCUT2D eigenvalue weighted by Gasteiger charge is 2.19. The molecule has 2 aromatic rings. The number of benzene rings is 2. The molecular weight excluding hydrogens is 386 g/mol. The number of carbonyl (C=O) groups excluding carboxylic acids is 3. The van der Waals surface area contributed by atoms with E-state index in [4.69, 9.17) is 9.47 Å². The second-order valence-corrected chi connectivity index (χ2v) is 6.71. The van der Waals surface area contributed by atoms with Crippen molar-refractivity contribution in [3.05, 3.63) is 59.7 Å². The molecule has 0 bridgehead atoms. The third-order valence-corrected chi connectivity index (χ3v) is 4.15. The van der Waals surface area contributed by atoms with Crippen LogP contribution in [-0.4, -0.2) is 36.5 Å². The molecule has 160 valence electrons. The van der Waals surface area contributed by atoms with E-state index in [1.165, 1.54) is 6.92 Å². The maximum Gasteiger partial charge on any atom is 0.279 e. The predicted octanol–water partition coefficient (Wildman–Crippen LogP) is 2.13. The van der Waals surface area contributed by atoms with Gasteiger partial charge in [0.05, 0.1) is 6.61 Å². The van der Waals surface area contributed by atoms with E-state index in [-0.39, 0.29) is 5.91 Å². The number of hydrazine groups is 1. The summed E-state index contributed by atoms with van der Waals surface area (Å²) < 4.78 is 10.9. The smallest absolute Gasteiger partial charge is 0.279 e. The van der Waals surface area contributed by atoms with Gasteiger partial charge in [0.25, 0.3) is 17.7 Å². The van der Waals surface area contributed by atoms with Gasteiger partial charge in [0.2, 0.25) is 0 Å². The minimum absolute atomic E-state index is 0.375. The number of aryl methyl sites for hydroxylation is 1. The van der Waals surface area contributed by atoms with Gasteiger partial charge in [-0.1, -0.05) is 17.7 Å². The van der Waals surface area contributed by atoms with Crippen LogP contribution in [-0.2, 0) is 9.59 Å². The van der Waals surface area contributed by atoms with Crippen molar-refractivity contribution in [2.45, 2.75) is 39.8 Å². The summed E-state index contributed by atoms with van der Waals surface area (Å²) >= 11 is 0. The van der Waals surface area contributed by atoms with Crippen LogP contribution in [0.3, 0.4) is 0 Å². The summed E-state index contributed by atoms with van der Waals surface area (Å²) in [5.74, 6) is -0.269. The molecule has 0 aliphatic carbocycles. The highest BCUT2D eigenvalue weighted by Crippen LogP contribution is 2.18. The van der Waals surface area contributed by atoms with Crippen LogP contribution in [0, 0.1) is 6.92 Å². The lowest BCUT2D eigenvalue weighted by molar-refractivity contribution is -0.133. The second-order valence-electron chi connectivity index (χ2n) is 6.71. The number of rotatable bonds is 8. The van der Waals surface area contributed by atoms with Gasteiger partial charge >= 0.3 is 0 Å². The standard InChI is InChI=1S/C22H27N3O5/c1-5-29-18-9-11-19(12-10-18)30-16(4)21(27)25-24-20(26)15(3)23-22(28)17-8-6-7-14(2)13-17/h6-13,15-16H,5H2,1-4H3,(H,23,28)(H,24,26)(H,25,27)/t15-,16+/m0/s1. The summed E-state index contributed by atoms with van der Waals surface area (Å²) in [5.41, 5.74) is 5.98. The van der Waals surface area contributed by atoms with Gasteiger partial charge in [-0.2, -0.15) is 0 Å². The molecule has 2 aromatic carbocycles. The number of nitrogens with one attached hydrogen (secondary N) is 3. The molecule has 0 saturated heterocycles. The maximum atomic E-state index is 12.2. The van der Waals surface area contributed by atoms with E-state index in [9.17, 15) is 14.4 Å². The number of hydrogen-bond donors (Lipinski definition) is 3. The van der Waals surface area contributed by atoms with Crippen LogP contribution in [0.25, 0.3) is 0 Å². The minimum Gasteiger partial charge on any atom is -0.494 e. The summed E-state index contributed by atoms with van der Waals surface area (Å²) in [6.45, 7) is 7.40. The van der Waals surface area contributed by atoms with Crippen molar-refractivity contribution in [1.29, 1.82) is 0 Å². The fourth-order valence-electron chi connectivity index (χ4n) is 2.50. The average Bonchev–Trinajstić information content (AvgIpc) is 2.73.